The van der Waals surface area contributed by atoms with E-state index in [-0.39, 0.29) is 11.9 Å². The summed E-state index contributed by atoms with van der Waals surface area (Å²) in [6.07, 6.45) is 2.62. The third kappa shape index (κ3) is 3.31. The number of hydrogen-bond acceptors (Lipinski definition) is 3. The third-order valence-corrected chi connectivity index (χ3v) is 3.46. The Bertz CT molecular complexity index is 489. The van der Waals surface area contributed by atoms with E-state index < -0.39 is 0 Å². The maximum Gasteiger partial charge on any atom is 0.225 e. The minimum absolute atomic E-state index is 0.0479. The molecule has 1 aromatic carbocycles. The van der Waals surface area contributed by atoms with Crippen molar-refractivity contribution in [2.45, 2.75) is 25.3 Å². The van der Waals surface area contributed by atoms with E-state index in [1.165, 1.54) is 0 Å². The Morgan fingerprint density at radius 2 is 2.44 bits per heavy atom. The zero-order chi connectivity index (χ0) is 13.0. The van der Waals surface area contributed by atoms with Crippen LogP contribution >= 0.6 is 15.9 Å². The van der Waals surface area contributed by atoms with Crippen molar-refractivity contribution >= 4 is 27.5 Å². The van der Waals surface area contributed by atoms with E-state index in [9.17, 15) is 4.79 Å². The molecule has 1 aliphatic rings. The van der Waals surface area contributed by atoms with Gasteiger partial charge in [0.25, 0.3) is 0 Å². The average molecular weight is 308 g/mol. The first kappa shape index (κ1) is 13.1. The van der Waals surface area contributed by atoms with Gasteiger partial charge in [0, 0.05) is 16.9 Å². The number of amides is 1. The van der Waals surface area contributed by atoms with Crippen molar-refractivity contribution in [1.82, 2.24) is 5.32 Å². The van der Waals surface area contributed by atoms with Crippen LogP contribution in [0.1, 0.15) is 24.8 Å². The number of rotatable bonds is 3. The Morgan fingerprint density at radius 3 is 3.11 bits per heavy atom. The van der Waals surface area contributed by atoms with Gasteiger partial charge in [0.15, 0.2) is 0 Å². The van der Waals surface area contributed by atoms with Gasteiger partial charge in [0.05, 0.1) is 11.3 Å². The fraction of sp³-hybridized carbons (Fsp3) is 0.385. The molecule has 1 saturated heterocycles. The molecule has 0 saturated carbocycles. The molecule has 18 heavy (non-hydrogen) atoms. The standard InChI is InChI=1S/C13H14BrN3O/c14-10-3-4-12(9(6-10)8-15)17-13(18)7-11-2-1-5-16-11/h3-4,6,11,16H,1-2,5,7H2,(H,17,18). The van der Waals surface area contributed by atoms with Gasteiger partial charge in [-0.2, -0.15) is 5.26 Å². The molecule has 1 fully saturated rings. The van der Waals surface area contributed by atoms with Crippen molar-refractivity contribution in [2.24, 2.45) is 0 Å². The molecule has 0 spiro atoms. The van der Waals surface area contributed by atoms with Crippen LogP contribution in [-0.4, -0.2) is 18.5 Å². The van der Waals surface area contributed by atoms with Gasteiger partial charge < -0.3 is 10.6 Å². The molecule has 1 heterocycles. The van der Waals surface area contributed by atoms with Crippen LogP contribution in [0.15, 0.2) is 22.7 Å². The molecule has 2 rings (SSSR count). The number of benzene rings is 1. The smallest absolute Gasteiger partial charge is 0.225 e. The summed E-state index contributed by atoms with van der Waals surface area (Å²) in [5.41, 5.74) is 1.04. The summed E-state index contributed by atoms with van der Waals surface area (Å²) in [6.45, 7) is 0.986. The lowest BCUT2D eigenvalue weighted by Gasteiger charge is -2.11. The predicted molar refractivity (Wildman–Crippen MR) is 73.1 cm³/mol. The zero-order valence-electron chi connectivity index (χ0n) is 9.87. The Labute approximate surface area is 115 Å². The van der Waals surface area contributed by atoms with Crippen LogP contribution in [0.25, 0.3) is 0 Å². The van der Waals surface area contributed by atoms with Gasteiger partial charge in [-0.25, -0.2) is 0 Å². The fourth-order valence-electron chi connectivity index (χ4n) is 2.07. The highest BCUT2D eigenvalue weighted by atomic mass is 79.9. The monoisotopic (exact) mass is 307 g/mol. The van der Waals surface area contributed by atoms with E-state index in [2.05, 4.69) is 32.6 Å². The summed E-state index contributed by atoms with van der Waals surface area (Å²) in [4.78, 5) is 11.8. The second kappa shape index (κ2) is 5.98. The maximum absolute atomic E-state index is 11.8. The van der Waals surface area contributed by atoms with E-state index in [4.69, 9.17) is 5.26 Å². The second-order valence-electron chi connectivity index (χ2n) is 4.35. The lowest BCUT2D eigenvalue weighted by molar-refractivity contribution is -0.116. The van der Waals surface area contributed by atoms with Gasteiger partial charge >= 0.3 is 0 Å². The first-order chi connectivity index (χ1) is 8.69. The highest BCUT2D eigenvalue weighted by Gasteiger charge is 2.18. The van der Waals surface area contributed by atoms with E-state index in [0.29, 0.717) is 17.7 Å². The van der Waals surface area contributed by atoms with Crippen molar-refractivity contribution in [3.63, 3.8) is 0 Å². The molecule has 0 bridgehead atoms. The molecule has 1 aromatic rings. The molecule has 1 aliphatic heterocycles. The molecule has 0 aromatic heterocycles. The summed E-state index contributed by atoms with van der Waals surface area (Å²) in [7, 11) is 0. The number of carbonyl (C=O) groups excluding carboxylic acids is 1. The summed E-state index contributed by atoms with van der Waals surface area (Å²) in [5, 5.41) is 15.1. The fourth-order valence-corrected chi connectivity index (χ4v) is 2.44. The Balaban J connectivity index is 2.00. The number of anilines is 1. The number of nitrogens with one attached hydrogen (secondary N) is 2. The lowest BCUT2D eigenvalue weighted by atomic mass is 10.1. The molecule has 1 amide bonds. The largest absolute Gasteiger partial charge is 0.325 e. The summed E-state index contributed by atoms with van der Waals surface area (Å²) in [6, 6.07) is 7.59. The highest BCUT2D eigenvalue weighted by molar-refractivity contribution is 9.10. The summed E-state index contributed by atoms with van der Waals surface area (Å²) >= 11 is 3.30. The zero-order valence-corrected chi connectivity index (χ0v) is 11.5. The molecular weight excluding hydrogens is 294 g/mol. The molecular formula is C13H14BrN3O. The van der Waals surface area contributed by atoms with Gasteiger partial charge in [0.1, 0.15) is 6.07 Å². The third-order valence-electron chi connectivity index (χ3n) is 2.97. The summed E-state index contributed by atoms with van der Waals surface area (Å²) in [5.74, 6) is -0.0479. The van der Waals surface area contributed by atoms with Crippen molar-refractivity contribution < 1.29 is 4.79 Å². The average Bonchev–Trinajstić information content (AvgIpc) is 2.84. The second-order valence-corrected chi connectivity index (χ2v) is 5.26. The van der Waals surface area contributed by atoms with Crippen LogP contribution < -0.4 is 10.6 Å². The number of carbonyl (C=O) groups is 1. The molecule has 2 N–H and O–H groups in total. The molecule has 94 valence electrons. The Morgan fingerprint density at radius 1 is 1.61 bits per heavy atom. The van der Waals surface area contributed by atoms with Crippen molar-refractivity contribution in [2.75, 3.05) is 11.9 Å². The molecule has 5 heteroatoms. The predicted octanol–water partition coefficient (Wildman–Crippen LogP) is 2.40. The van der Waals surface area contributed by atoms with Crippen LogP contribution in [0.2, 0.25) is 0 Å². The molecule has 4 nitrogen and oxygen atoms in total. The highest BCUT2D eigenvalue weighted by Crippen LogP contribution is 2.21. The van der Waals surface area contributed by atoms with Crippen LogP contribution in [0, 0.1) is 11.3 Å². The number of halogens is 1. The quantitative estimate of drug-likeness (QED) is 0.901. The first-order valence-corrected chi connectivity index (χ1v) is 6.71. The Kier molecular flexibility index (Phi) is 4.34. The van der Waals surface area contributed by atoms with Gasteiger partial charge in [-0.1, -0.05) is 15.9 Å². The van der Waals surface area contributed by atoms with E-state index >= 15 is 0 Å². The van der Waals surface area contributed by atoms with Crippen molar-refractivity contribution in [3.05, 3.63) is 28.2 Å². The van der Waals surface area contributed by atoms with Crippen LogP contribution in [0.4, 0.5) is 5.69 Å². The van der Waals surface area contributed by atoms with Gasteiger partial charge in [-0.15, -0.1) is 0 Å². The van der Waals surface area contributed by atoms with E-state index in [1.54, 1.807) is 12.1 Å². The minimum Gasteiger partial charge on any atom is -0.325 e. The SMILES string of the molecule is N#Cc1cc(Br)ccc1NC(=O)CC1CCCN1. The van der Waals surface area contributed by atoms with Crippen LogP contribution in [-0.2, 0) is 4.79 Å². The van der Waals surface area contributed by atoms with Gasteiger partial charge in [-0.3, -0.25) is 4.79 Å². The maximum atomic E-state index is 11.8. The van der Waals surface area contributed by atoms with E-state index in [0.717, 1.165) is 23.9 Å². The molecule has 1 unspecified atom stereocenters. The van der Waals surface area contributed by atoms with Crippen LogP contribution in [0.5, 0.6) is 0 Å². The van der Waals surface area contributed by atoms with Gasteiger partial charge in [0.2, 0.25) is 5.91 Å². The van der Waals surface area contributed by atoms with Crippen molar-refractivity contribution in [3.8, 4) is 6.07 Å². The van der Waals surface area contributed by atoms with Crippen LogP contribution in [0.3, 0.4) is 0 Å². The molecule has 0 radical (unpaired) electrons. The molecule has 0 aliphatic carbocycles. The van der Waals surface area contributed by atoms with E-state index in [1.807, 2.05) is 6.07 Å². The minimum atomic E-state index is -0.0479. The number of nitriles is 1. The van der Waals surface area contributed by atoms with Gasteiger partial charge in [-0.05, 0) is 37.6 Å². The molecule has 1 atom stereocenters. The number of nitrogens with zero attached hydrogens (tertiary/aromatic N) is 1. The van der Waals surface area contributed by atoms with Crippen molar-refractivity contribution in [1.29, 1.82) is 5.26 Å². The number of hydrogen-bond donors (Lipinski definition) is 2. The Hall–Kier alpha value is -1.38. The summed E-state index contributed by atoms with van der Waals surface area (Å²) < 4.78 is 0.828. The first-order valence-electron chi connectivity index (χ1n) is 5.92. The lowest BCUT2D eigenvalue weighted by Crippen LogP contribution is -2.27. The topological polar surface area (TPSA) is 64.9 Å². The normalized spacial score (nSPS) is 18.3.